The van der Waals surface area contributed by atoms with E-state index in [1.165, 1.54) is 17.7 Å². The summed E-state index contributed by atoms with van der Waals surface area (Å²) in [6.45, 7) is 4.51. The Bertz CT molecular complexity index is 1260. The van der Waals surface area contributed by atoms with Crippen molar-refractivity contribution in [1.82, 2.24) is 9.78 Å². The molecule has 0 atom stereocenters. The number of nitrogens with one attached hydrogen (secondary N) is 1. The van der Waals surface area contributed by atoms with Crippen LogP contribution in [0.25, 0.3) is 0 Å². The molecule has 1 N–H and O–H groups in total. The average molecular weight is 468 g/mol. The van der Waals surface area contributed by atoms with Gasteiger partial charge in [0.1, 0.15) is 23.9 Å². The Balaban J connectivity index is 1.36. The Labute approximate surface area is 195 Å². The summed E-state index contributed by atoms with van der Waals surface area (Å²) >= 11 is 6.11. The molecule has 0 fully saturated rings. The standard InChI is InChI=1S/C25H23ClFN3O3/c1-3-17-4-8-20(9-5-17)32-15-21-10-11-23(33-21)25(31)28-24-12-16(2)30(29-24)14-18-6-7-19(27)13-22(18)26/h4-13H,3,14-15H2,1-2H3,(H,28,29,31). The van der Waals surface area contributed by atoms with E-state index in [4.69, 9.17) is 20.8 Å². The summed E-state index contributed by atoms with van der Waals surface area (Å²) in [6.07, 6.45) is 0.967. The number of carbonyl (C=O) groups excluding carboxylic acids is 1. The third-order valence-electron chi connectivity index (χ3n) is 5.16. The van der Waals surface area contributed by atoms with Gasteiger partial charge in [0.25, 0.3) is 5.91 Å². The molecule has 2 aromatic heterocycles. The highest BCUT2D eigenvalue weighted by Crippen LogP contribution is 2.21. The summed E-state index contributed by atoms with van der Waals surface area (Å²) < 4.78 is 26.3. The zero-order valence-electron chi connectivity index (χ0n) is 18.3. The fraction of sp³-hybridized carbons (Fsp3) is 0.200. The lowest BCUT2D eigenvalue weighted by Gasteiger charge is -2.06. The summed E-state index contributed by atoms with van der Waals surface area (Å²) in [7, 11) is 0. The van der Waals surface area contributed by atoms with Gasteiger partial charge in [-0.25, -0.2) is 4.39 Å². The molecule has 0 unspecified atom stereocenters. The molecule has 0 aliphatic carbocycles. The van der Waals surface area contributed by atoms with E-state index in [0.717, 1.165) is 23.4 Å². The predicted octanol–water partition coefficient (Wildman–Crippen LogP) is 6.02. The second-order valence-electron chi connectivity index (χ2n) is 7.57. The van der Waals surface area contributed by atoms with Gasteiger partial charge >= 0.3 is 0 Å². The van der Waals surface area contributed by atoms with Gasteiger partial charge in [0, 0.05) is 16.8 Å². The molecule has 33 heavy (non-hydrogen) atoms. The third-order valence-corrected chi connectivity index (χ3v) is 5.51. The van der Waals surface area contributed by atoms with Gasteiger partial charge in [-0.15, -0.1) is 0 Å². The Morgan fingerprint density at radius 2 is 1.94 bits per heavy atom. The van der Waals surface area contributed by atoms with Gasteiger partial charge in [-0.05, 0) is 60.9 Å². The summed E-state index contributed by atoms with van der Waals surface area (Å²) in [5.74, 6) is 0.985. The number of amides is 1. The minimum absolute atomic E-state index is 0.156. The van der Waals surface area contributed by atoms with Crippen LogP contribution in [0.3, 0.4) is 0 Å². The smallest absolute Gasteiger partial charge is 0.292 e. The molecule has 1 amide bonds. The van der Waals surface area contributed by atoms with Crippen LogP contribution < -0.4 is 10.1 Å². The fourth-order valence-corrected chi connectivity index (χ4v) is 3.50. The quantitative estimate of drug-likeness (QED) is 0.344. The molecule has 0 aliphatic heterocycles. The maximum absolute atomic E-state index is 13.3. The second kappa shape index (κ2) is 9.92. The van der Waals surface area contributed by atoms with Crippen molar-refractivity contribution in [3.63, 3.8) is 0 Å². The number of aromatic nitrogens is 2. The first-order valence-electron chi connectivity index (χ1n) is 10.5. The monoisotopic (exact) mass is 467 g/mol. The van der Waals surface area contributed by atoms with Crippen molar-refractivity contribution in [3.8, 4) is 5.75 Å². The second-order valence-corrected chi connectivity index (χ2v) is 7.98. The van der Waals surface area contributed by atoms with E-state index in [0.29, 0.717) is 23.1 Å². The molecule has 0 aliphatic rings. The summed E-state index contributed by atoms with van der Waals surface area (Å²) in [6, 6.07) is 17.1. The Morgan fingerprint density at radius 1 is 1.15 bits per heavy atom. The SMILES string of the molecule is CCc1ccc(OCc2ccc(C(=O)Nc3cc(C)n(Cc4ccc(F)cc4Cl)n3)o2)cc1. The van der Waals surface area contributed by atoms with Crippen molar-refractivity contribution < 1.29 is 18.3 Å². The van der Waals surface area contributed by atoms with Crippen LogP contribution in [0.2, 0.25) is 5.02 Å². The Kier molecular flexibility index (Phi) is 6.79. The van der Waals surface area contributed by atoms with E-state index in [1.54, 1.807) is 28.9 Å². The minimum atomic E-state index is -0.419. The first kappa shape index (κ1) is 22.6. The van der Waals surface area contributed by atoms with E-state index < -0.39 is 11.7 Å². The number of rotatable bonds is 8. The van der Waals surface area contributed by atoms with Crippen LogP contribution in [0, 0.1) is 12.7 Å². The molecule has 2 aromatic carbocycles. The fourth-order valence-electron chi connectivity index (χ4n) is 3.27. The average Bonchev–Trinajstić information content (AvgIpc) is 3.41. The summed E-state index contributed by atoms with van der Waals surface area (Å²) in [5, 5.41) is 7.45. The van der Waals surface area contributed by atoms with Gasteiger partial charge in [0.15, 0.2) is 11.6 Å². The lowest BCUT2D eigenvalue weighted by Crippen LogP contribution is -2.12. The number of anilines is 1. The van der Waals surface area contributed by atoms with Crippen molar-refractivity contribution in [2.24, 2.45) is 0 Å². The zero-order chi connectivity index (χ0) is 23.4. The van der Waals surface area contributed by atoms with Crippen molar-refractivity contribution in [1.29, 1.82) is 0 Å². The number of halogens is 2. The number of ether oxygens (including phenoxy) is 1. The number of carbonyl (C=O) groups is 1. The van der Waals surface area contributed by atoms with Crippen LogP contribution in [0.1, 0.15) is 40.1 Å². The number of benzene rings is 2. The molecule has 6 nitrogen and oxygen atoms in total. The van der Waals surface area contributed by atoms with Gasteiger partial charge in [0.05, 0.1) is 6.54 Å². The summed E-state index contributed by atoms with van der Waals surface area (Å²) in [5.41, 5.74) is 2.77. The van der Waals surface area contributed by atoms with Crippen molar-refractivity contribution in [3.05, 3.63) is 99.8 Å². The van der Waals surface area contributed by atoms with Gasteiger partial charge < -0.3 is 14.5 Å². The van der Waals surface area contributed by atoms with Crippen LogP contribution in [0.15, 0.2) is 65.1 Å². The lowest BCUT2D eigenvalue weighted by molar-refractivity contribution is 0.0992. The van der Waals surface area contributed by atoms with Crippen molar-refractivity contribution >= 4 is 23.3 Å². The maximum Gasteiger partial charge on any atom is 0.292 e. The molecule has 170 valence electrons. The van der Waals surface area contributed by atoms with E-state index in [1.807, 2.05) is 31.2 Å². The molecule has 2 heterocycles. The highest BCUT2D eigenvalue weighted by atomic mass is 35.5. The van der Waals surface area contributed by atoms with Crippen LogP contribution >= 0.6 is 11.6 Å². The number of furan rings is 1. The van der Waals surface area contributed by atoms with Crippen LogP contribution in [-0.2, 0) is 19.6 Å². The predicted molar refractivity (Wildman–Crippen MR) is 124 cm³/mol. The van der Waals surface area contributed by atoms with Crippen LogP contribution in [0.5, 0.6) is 5.75 Å². The normalized spacial score (nSPS) is 10.9. The Morgan fingerprint density at radius 3 is 2.67 bits per heavy atom. The largest absolute Gasteiger partial charge is 0.486 e. The molecule has 0 spiro atoms. The molecule has 4 rings (SSSR count). The van der Waals surface area contributed by atoms with E-state index in [-0.39, 0.29) is 12.4 Å². The van der Waals surface area contributed by atoms with Gasteiger partial charge in [0.2, 0.25) is 0 Å². The molecular weight excluding hydrogens is 445 g/mol. The van der Waals surface area contributed by atoms with Crippen molar-refractivity contribution in [2.45, 2.75) is 33.4 Å². The van der Waals surface area contributed by atoms with Crippen molar-refractivity contribution in [2.75, 3.05) is 5.32 Å². The van der Waals surface area contributed by atoms with E-state index in [2.05, 4.69) is 17.3 Å². The molecule has 0 bridgehead atoms. The van der Waals surface area contributed by atoms with Crippen LogP contribution in [0.4, 0.5) is 10.2 Å². The molecule has 0 saturated heterocycles. The first-order valence-corrected chi connectivity index (χ1v) is 10.9. The number of nitrogens with zero attached hydrogens (tertiary/aromatic N) is 2. The molecular formula is C25H23ClFN3O3. The third kappa shape index (κ3) is 5.62. The molecule has 8 heteroatoms. The molecule has 0 radical (unpaired) electrons. The molecule has 0 saturated carbocycles. The Hall–Kier alpha value is -3.58. The van der Waals surface area contributed by atoms with Crippen LogP contribution in [-0.4, -0.2) is 15.7 Å². The zero-order valence-corrected chi connectivity index (χ0v) is 19.0. The van der Waals surface area contributed by atoms with Gasteiger partial charge in [-0.1, -0.05) is 36.7 Å². The lowest BCUT2D eigenvalue weighted by atomic mass is 10.2. The minimum Gasteiger partial charge on any atom is -0.486 e. The summed E-state index contributed by atoms with van der Waals surface area (Å²) in [4.78, 5) is 12.6. The topological polar surface area (TPSA) is 69.3 Å². The highest BCUT2D eigenvalue weighted by molar-refractivity contribution is 6.31. The van der Waals surface area contributed by atoms with E-state index >= 15 is 0 Å². The number of hydrogen-bond acceptors (Lipinski definition) is 4. The number of hydrogen-bond donors (Lipinski definition) is 1. The van der Waals surface area contributed by atoms with Gasteiger partial charge in [-0.3, -0.25) is 9.48 Å². The number of aryl methyl sites for hydroxylation is 2. The first-order chi connectivity index (χ1) is 15.9. The highest BCUT2D eigenvalue weighted by Gasteiger charge is 2.15. The van der Waals surface area contributed by atoms with E-state index in [9.17, 15) is 9.18 Å². The molecule has 4 aromatic rings. The van der Waals surface area contributed by atoms with Gasteiger partial charge in [-0.2, -0.15) is 5.10 Å². The maximum atomic E-state index is 13.3.